The summed E-state index contributed by atoms with van der Waals surface area (Å²) in [4.78, 5) is 10.9. The molecular weight excluding hydrogens is 144 g/mol. The Labute approximate surface area is 66.7 Å². The zero-order valence-electron chi connectivity index (χ0n) is 7.00. The SMILES string of the molecule is CCC1COC(C(=O)OC)C1. The van der Waals surface area contributed by atoms with E-state index in [1.165, 1.54) is 7.11 Å². The van der Waals surface area contributed by atoms with Crippen molar-refractivity contribution in [2.45, 2.75) is 25.9 Å². The summed E-state index contributed by atoms with van der Waals surface area (Å²) >= 11 is 0. The topological polar surface area (TPSA) is 35.5 Å². The molecule has 0 aromatic rings. The molecule has 2 unspecified atom stereocenters. The quantitative estimate of drug-likeness (QED) is 0.562. The summed E-state index contributed by atoms with van der Waals surface area (Å²) in [7, 11) is 1.39. The number of carbonyl (C=O) groups is 1. The molecule has 0 amide bonds. The van der Waals surface area contributed by atoms with E-state index in [1.54, 1.807) is 0 Å². The summed E-state index contributed by atoms with van der Waals surface area (Å²) in [5.41, 5.74) is 0. The van der Waals surface area contributed by atoms with Gasteiger partial charge in [-0.1, -0.05) is 13.3 Å². The molecule has 1 fully saturated rings. The van der Waals surface area contributed by atoms with Crippen LogP contribution in [-0.2, 0) is 14.3 Å². The molecule has 0 aromatic carbocycles. The smallest absolute Gasteiger partial charge is 0.334 e. The minimum Gasteiger partial charge on any atom is -0.467 e. The number of ether oxygens (including phenoxy) is 2. The van der Waals surface area contributed by atoms with E-state index in [4.69, 9.17) is 4.74 Å². The van der Waals surface area contributed by atoms with Gasteiger partial charge < -0.3 is 9.47 Å². The lowest BCUT2D eigenvalue weighted by Gasteiger charge is -2.04. The van der Waals surface area contributed by atoms with Gasteiger partial charge in [-0.3, -0.25) is 0 Å². The lowest BCUT2D eigenvalue weighted by Crippen LogP contribution is -2.20. The van der Waals surface area contributed by atoms with Crippen molar-refractivity contribution in [3.05, 3.63) is 0 Å². The molecular formula is C8H14O3. The van der Waals surface area contributed by atoms with Crippen molar-refractivity contribution in [3.63, 3.8) is 0 Å². The Hall–Kier alpha value is -0.570. The molecule has 0 radical (unpaired) electrons. The second-order valence-electron chi connectivity index (χ2n) is 2.86. The summed E-state index contributed by atoms with van der Waals surface area (Å²) in [6.45, 7) is 2.81. The van der Waals surface area contributed by atoms with Gasteiger partial charge in [0.15, 0.2) is 6.10 Å². The van der Waals surface area contributed by atoms with E-state index < -0.39 is 0 Å². The molecule has 64 valence electrons. The normalized spacial score (nSPS) is 30.4. The molecule has 1 heterocycles. The molecule has 0 aromatic heterocycles. The lowest BCUT2D eigenvalue weighted by atomic mass is 10.0. The average molecular weight is 158 g/mol. The van der Waals surface area contributed by atoms with E-state index >= 15 is 0 Å². The number of hydrogen-bond donors (Lipinski definition) is 0. The first-order valence-electron chi connectivity index (χ1n) is 3.97. The van der Waals surface area contributed by atoms with Gasteiger partial charge in [0.2, 0.25) is 0 Å². The van der Waals surface area contributed by atoms with Crippen molar-refractivity contribution >= 4 is 5.97 Å². The highest BCUT2D eigenvalue weighted by atomic mass is 16.6. The molecule has 0 spiro atoms. The summed E-state index contributed by atoms with van der Waals surface area (Å²) in [5.74, 6) is 0.306. The van der Waals surface area contributed by atoms with Gasteiger partial charge in [-0.25, -0.2) is 4.79 Å². The van der Waals surface area contributed by atoms with Gasteiger partial charge >= 0.3 is 5.97 Å². The largest absolute Gasteiger partial charge is 0.467 e. The third-order valence-electron chi connectivity index (χ3n) is 2.12. The molecule has 0 aliphatic carbocycles. The number of esters is 1. The van der Waals surface area contributed by atoms with Crippen LogP contribution in [0.25, 0.3) is 0 Å². The Balaban J connectivity index is 2.35. The fraction of sp³-hybridized carbons (Fsp3) is 0.875. The van der Waals surface area contributed by atoms with Crippen LogP contribution < -0.4 is 0 Å². The van der Waals surface area contributed by atoms with Gasteiger partial charge in [0.25, 0.3) is 0 Å². The molecule has 3 nitrogen and oxygen atoms in total. The highest BCUT2D eigenvalue weighted by Crippen LogP contribution is 2.22. The second kappa shape index (κ2) is 3.72. The van der Waals surface area contributed by atoms with Gasteiger partial charge in [-0.05, 0) is 12.3 Å². The standard InChI is InChI=1S/C8H14O3/c1-3-6-4-7(11-5-6)8(9)10-2/h6-7H,3-5H2,1-2H3. The summed E-state index contributed by atoms with van der Waals surface area (Å²) in [6, 6.07) is 0. The van der Waals surface area contributed by atoms with Crippen molar-refractivity contribution in [1.29, 1.82) is 0 Å². The van der Waals surface area contributed by atoms with E-state index in [0.717, 1.165) is 12.8 Å². The Morgan fingerprint density at radius 1 is 1.73 bits per heavy atom. The van der Waals surface area contributed by atoms with Crippen LogP contribution in [0.5, 0.6) is 0 Å². The van der Waals surface area contributed by atoms with Crippen LogP contribution in [0.15, 0.2) is 0 Å². The van der Waals surface area contributed by atoms with Crippen LogP contribution in [-0.4, -0.2) is 25.8 Å². The zero-order valence-corrected chi connectivity index (χ0v) is 7.00. The predicted molar refractivity (Wildman–Crippen MR) is 40.2 cm³/mol. The first kappa shape index (κ1) is 8.53. The van der Waals surface area contributed by atoms with Crippen molar-refractivity contribution in [2.24, 2.45) is 5.92 Å². The molecule has 1 aliphatic heterocycles. The molecule has 1 rings (SSSR count). The average Bonchev–Trinajstić information content (AvgIpc) is 2.50. The van der Waals surface area contributed by atoms with Crippen molar-refractivity contribution in [3.8, 4) is 0 Å². The Morgan fingerprint density at radius 3 is 2.91 bits per heavy atom. The maximum atomic E-state index is 10.9. The first-order valence-corrected chi connectivity index (χ1v) is 3.97. The lowest BCUT2D eigenvalue weighted by molar-refractivity contribution is -0.151. The first-order chi connectivity index (χ1) is 5.27. The molecule has 1 aliphatic rings. The number of methoxy groups -OCH3 is 1. The van der Waals surface area contributed by atoms with E-state index in [1.807, 2.05) is 0 Å². The minimum absolute atomic E-state index is 0.235. The van der Waals surface area contributed by atoms with Gasteiger partial charge in [-0.15, -0.1) is 0 Å². The maximum Gasteiger partial charge on any atom is 0.334 e. The van der Waals surface area contributed by atoms with Crippen LogP contribution in [0.2, 0.25) is 0 Å². The highest BCUT2D eigenvalue weighted by Gasteiger charge is 2.30. The van der Waals surface area contributed by atoms with Crippen molar-refractivity contribution in [1.82, 2.24) is 0 Å². The van der Waals surface area contributed by atoms with Crippen LogP contribution in [0.1, 0.15) is 19.8 Å². The summed E-state index contributed by atoms with van der Waals surface area (Å²) in [5, 5.41) is 0. The molecule has 2 atom stereocenters. The zero-order chi connectivity index (χ0) is 8.27. The van der Waals surface area contributed by atoms with Crippen LogP contribution in [0.3, 0.4) is 0 Å². The van der Waals surface area contributed by atoms with Gasteiger partial charge in [0, 0.05) is 0 Å². The Bertz CT molecular complexity index is 144. The highest BCUT2D eigenvalue weighted by molar-refractivity contribution is 5.74. The van der Waals surface area contributed by atoms with Gasteiger partial charge in [0.05, 0.1) is 13.7 Å². The Kier molecular flexibility index (Phi) is 2.88. The van der Waals surface area contributed by atoms with Crippen molar-refractivity contribution < 1.29 is 14.3 Å². The molecule has 0 bridgehead atoms. The molecule has 0 N–H and O–H groups in total. The van der Waals surface area contributed by atoms with Crippen LogP contribution in [0.4, 0.5) is 0 Å². The predicted octanol–water partition coefficient (Wildman–Crippen LogP) is 0.975. The second-order valence-corrected chi connectivity index (χ2v) is 2.86. The molecule has 3 heteroatoms. The van der Waals surface area contributed by atoms with Crippen LogP contribution in [0, 0.1) is 5.92 Å². The third-order valence-corrected chi connectivity index (χ3v) is 2.12. The minimum atomic E-state index is -0.301. The van der Waals surface area contributed by atoms with Crippen LogP contribution >= 0.6 is 0 Å². The number of rotatable bonds is 2. The number of carbonyl (C=O) groups excluding carboxylic acids is 1. The Morgan fingerprint density at radius 2 is 2.45 bits per heavy atom. The summed E-state index contributed by atoms with van der Waals surface area (Å²) in [6.07, 6.45) is 1.60. The molecule has 1 saturated heterocycles. The van der Waals surface area contributed by atoms with E-state index in [0.29, 0.717) is 12.5 Å². The molecule has 11 heavy (non-hydrogen) atoms. The van der Waals surface area contributed by atoms with E-state index in [9.17, 15) is 4.79 Å². The van der Waals surface area contributed by atoms with E-state index in [2.05, 4.69) is 11.7 Å². The van der Waals surface area contributed by atoms with Crippen molar-refractivity contribution in [2.75, 3.05) is 13.7 Å². The maximum absolute atomic E-state index is 10.9. The van der Waals surface area contributed by atoms with Gasteiger partial charge in [0.1, 0.15) is 0 Å². The van der Waals surface area contributed by atoms with E-state index in [-0.39, 0.29) is 12.1 Å². The summed E-state index contributed by atoms with van der Waals surface area (Å²) < 4.78 is 9.80. The molecule has 0 saturated carbocycles. The number of hydrogen-bond acceptors (Lipinski definition) is 3. The fourth-order valence-electron chi connectivity index (χ4n) is 1.27. The van der Waals surface area contributed by atoms with Gasteiger partial charge in [-0.2, -0.15) is 0 Å². The third kappa shape index (κ3) is 1.93. The monoisotopic (exact) mass is 158 g/mol. The fourth-order valence-corrected chi connectivity index (χ4v) is 1.27.